The van der Waals surface area contributed by atoms with E-state index in [1.54, 1.807) is 45.0 Å². The van der Waals surface area contributed by atoms with Gasteiger partial charge in [-0.15, -0.1) is 0 Å². The molecule has 0 atom stereocenters. The van der Waals surface area contributed by atoms with Crippen LogP contribution in [0.3, 0.4) is 0 Å². The zero-order valence-electron chi connectivity index (χ0n) is 22.7. The minimum Gasteiger partial charge on any atom is -0.497 e. The first kappa shape index (κ1) is 27.8. The number of hydrogen-bond donors (Lipinski definition) is 0. The summed E-state index contributed by atoms with van der Waals surface area (Å²) in [5, 5.41) is 0. The second-order valence-corrected chi connectivity index (χ2v) is 11.9. The molecule has 1 saturated heterocycles. The van der Waals surface area contributed by atoms with Crippen LogP contribution in [0.2, 0.25) is 0 Å². The Morgan fingerprint density at radius 3 is 2.37 bits per heavy atom. The molecule has 9 nitrogen and oxygen atoms in total. The summed E-state index contributed by atoms with van der Waals surface area (Å²) >= 11 is 0. The highest BCUT2D eigenvalue weighted by molar-refractivity contribution is 7.89. The molecule has 0 aliphatic carbocycles. The van der Waals surface area contributed by atoms with Gasteiger partial charge in [-0.05, 0) is 74.2 Å². The number of oxazole rings is 1. The Bertz CT molecular complexity index is 1370. The molecule has 38 heavy (non-hydrogen) atoms. The molecule has 0 N–H and O–H groups in total. The molecule has 1 aromatic heterocycles. The molecular formula is C28H36N4O5S. The van der Waals surface area contributed by atoms with Gasteiger partial charge in [0.15, 0.2) is 5.69 Å². The lowest BCUT2D eigenvalue weighted by molar-refractivity contribution is 0.0779. The Kier molecular flexibility index (Phi) is 8.54. The number of carbonyl (C=O) groups is 1. The van der Waals surface area contributed by atoms with Gasteiger partial charge >= 0.3 is 0 Å². The van der Waals surface area contributed by atoms with Crippen molar-refractivity contribution < 1.29 is 22.4 Å². The van der Waals surface area contributed by atoms with Crippen LogP contribution in [-0.2, 0) is 29.7 Å². The van der Waals surface area contributed by atoms with Gasteiger partial charge in [0.05, 0.1) is 18.6 Å². The molecule has 0 spiro atoms. The van der Waals surface area contributed by atoms with Crippen LogP contribution in [0.25, 0.3) is 0 Å². The number of aromatic nitrogens is 1. The van der Waals surface area contributed by atoms with Crippen molar-refractivity contribution >= 4 is 15.9 Å². The number of hydrogen-bond acceptors (Lipinski definition) is 7. The van der Waals surface area contributed by atoms with Crippen molar-refractivity contribution in [1.29, 1.82) is 0 Å². The minimum atomic E-state index is -3.83. The lowest BCUT2D eigenvalue weighted by Gasteiger charge is -2.19. The van der Waals surface area contributed by atoms with Crippen LogP contribution in [0.5, 0.6) is 5.75 Å². The first-order chi connectivity index (χ1) is 18.1. The second kappa shape index (κ2) is 11.7. The Labute approximate surface area is 225 Å². The van der Waals surface area contributed by atoms with E-state index in [0.717, 1.165) is 25.2 Å². The van der Waals surface area contributed by atoms with Gasteiger partial charge in [-0.1, -0.05) is 24.3 Å². The van der Waals surface area contributed by atoms with E-state index < -0.39 is 10.0 Å². The maximum atomic E-state index is 13.3. The van der Waals surface area contributed by atoms with Crippen LogP contribution >= 0.6 is 0 Å². The second-order valence-electron chi connectivity index (χ2n) is 9.94. The summed E-state index contributed by atoms with van der Waals surface area (Å²) < 4.78 is 38.5. The molecule has 1 fully saturated rings. The third kappa shape index (κ3) is 6.25. The molecular weight excluding hydrogens is 504 g/mol. The van der Waals surface area contributed by atoms with E-state index in [0.29, 0.717) is 23.4 Å². The first-order valence-electron chi connectivity index (χ1n) is 12.7. The number of aryl methyl sites for hydroxylation is 2. The first-order valence-corrected chi connectivity index (χ1v) is 14.1. The van der Waals surface area contributed by atoms with Gasteiger partial charge < -0.3 is 14.1 Å². The van der Waals surface area contributed by atoms with E-state index in [2.05, 4.69) is 22.0 Å². The molecule has 2 aromatic carbocycles. The van der Waals surface area contributed by atoms with Crippen molar-refractivity contribution in [2.45, 2.75) is 51.2 Å². The Morgan fingerprint density at radius 2 is 1.71 bits per heavy atom. The van der Waals surface area contributed by atoms with E-state index in [-0.39, 0.29) is 28.9 Å². The number of sulfonamides is 1. The fourth-order valence-electron chi connectivity index (χ4n) is 4.91. The predicted octanol–water partition coefficient (Wildman–Crippen LogP) is 3.99. The van der Waals surface area contributed by atoms with Gasteiger partial charge in [0.25, 0.3) is 5.91 Å². The zero-order chi connectivity index (χ0) is 27.4. The third-order valence-electron chi connectivity index (χ3n) is 6.83. The van der Waals surface area contributed by atoms with Gasteiger partial charge in [0.2, 0.25) is 15.9 Å². The Balaban J connectivity index is 1.41. The molecule has 3 aromatic rings. The van der Waals surface area contributed by atoms with Crippen molar-refractivity contribution in [1.82, 2.24) is 19.1 Å². The van der Waals surface area contributed by atoms with E-state index in [9.17, 15) is 13.2 Å². The summed E-state index contributed by atoms with van der Waals surface area (Å²) in [6.07, 6.45) is 3.78. The predicted molar refractivity (Wildman–Crippen MR) is 144 cm³/mol. The van der Waals surface area contributed by atoms with Crippen LogP contribution < -0.4 is 4.74 Å². The lowest BCUT2D eigenvalue weighted by Crippen LogP contribution is -2.28. The van der Waals surface area contributed by atoms with Gasteiger partial charge in [0, 0.05) is 27.2 Å². The number of carbonyl (C=O) groups excluding carboxylic acids is 1. The number of ether oxygens (including phenoxy) is 1. The lowest BCUT2D eigenvalue weighted by atomic mass is 10.1. The van der Waals surface area contributed by atoms with Crippen LogP contribution in [0.4, 0.5) is 0 Å². The summed E-state index contributed by atoms with van der Waals surface area (Å²) in [4.78, 5) is 21.6. The molecule has 0 unspecified atom stereocenters. The highest BCUT2D eigenvalue weighted by Crippen LogP contribution is 2.28. The maximum Gasteiger partial charge on any atom is 0.275 e. The van der Waals surface area contributed by atoms with Crippen LogP contribution in [0.15, 0.2) is 52.0 Å². The smallest absolute Gasteiger partial charge is 0.275 e. The topological polar surface area (TPSA) is 96.2 Å². The summed E-state index contributed by atoms with van der Waals surface area (Å²) in [6, 6.07) is 11.7. The normalized spacial score (nSPS) is 14.3. The van der Waals surface area contributed by atoms with Crippen molar-refractivity contribution in [2.75, 3.05) is 34.3 Å². The van der Waals surface area contributed by atoms with Crippen LogP contribution in [0.1, 0.15) is 51.5 Å². The number of nitrogens with zero attached hydrogens (tertiary/aromatic N) is 4. The zero-order valence-corrected chi connectivity index (χ0v) is 23.5. The van der Waals surface area contributed by atoms with Crippen molar-refractivity contribution in [3.63, 3.8) is 0 Å². The monoisotopic (exact) mass is 540 g/mol. The highest BCUT2D eigenvalue weighted by Gasteiger charge is 2.27. The number of likely N-dealkylation sites (tertiary alicyclic amines) is 1. The van der Waals surface area contributed by atoms with E-state index in [1.165, 1.54) is 36.0 Å². The molecule has 2 heterocycles. The van der Waals surface area contributed by atoms with Crippen LogP contribution in [0, 0.1) is 13.8 Å². The van der Waals surface area contributed by atoms with E-state index in [4.69, 9.17) is 9.15 Å². The number of amides is 1. The molecule has 0 radical (unpaired) electrons. The Hall–Kier alpha value is -3.21. The van der Waals surface area contributed by atoms with E-state index >= 15 is 0 Å². The fourth-order valence-corrected chi connectivity index (χ4v) is 6.44. The maximum absolute atomic E-state index is 13.3. The SMILES string of the molecule is COc1cc(C)c(S(=O)(=O)N(C)Cc2nc(C(=O)N(C)Cc3cccc(CN4CCCC4)c3)co2)c(C)c1. The van der Waals surface area contributed by atoms with Gasteiger partial charge in [-0.3, -0.25) is 9.69 Å². The Morgan fingerprint density at radius 1 is 1.05 bits per heavy atom. The molecule has 1 aliphatic heterocycles. The average Bonchev–Trinajstić information content (AvgIpc) is 3.55. The van der Waals surface area contributed by atoms with Gasteiger partial charge in [0.1, 0.15) is 12.0 Å². The van der Waals surface area contributed by atoms with Crippen LogP contribution in [-0.4, -0.2) is 67.7 Å². The molecule has 10 heteroatoms. The average molecular weight is 541 g/mol. The molecule has 1 amide bonds. The number of rotatable bonds is 10. The summed E-state index contributed by atoms with van der Waals surface area (Å²) in [6.45, 7) is 6.97. The fraction of sp³-hybridized carbons (Fsp3) is 0.429. The van der Waals surface area contributed by atoms with Crippen molar-refractivity contribution in [2.24, 2.45) is 0 Å². The quantitative estimate of drug-likeness (QED) is 0.384. The largest absolute Gasteiger partial charge is 0.497 e. The standard InChI is InChI=1S/C28H36N4O5S/c1-20-13-24(36-5)14-21(2)27(20)38(34,35)31(4)18-26-29-25(19-37-26)28(33)30(3)16-22-9-8-10-23(15-22)17-32-11-6-7-12-32/h8-10,13-15,19H,6-7,11-12,16-18H2,1-5H3. The molecule has 1 aliphatic rings. The molecule has 4 rings (SSSR count). The molecule has 0 bridgehead atoms. The summed E-state index contributed by atoms with van der Waals surface area (Å²) in [5.41, 5.74) is 3.59. The minimum absolute atomic E-state index is 0.108. The summed E-state index contributed by atoms with van der Waals surface area (Å²) in [5.74, 6) is 0.446. The van der Waals surface area contributed by atoms with Crippen molar-refractivity contribution in [3.8, 4) is 5.75 Å². The number of benzene rings is 2. The molecule has 204 valence electrons. The third-order valence-corrected chi connectivity index (χ3v) is 8.94. The van der Waals surface area contributed by atoms with E-state index in [1.807, 2.05) is 12.1 Å². The van der Waals surface area contributed by atoms with Gasteiger partial charge in [-0.25, -0.2) is 13.4 Å². The van der Waals surface area contributed by atoms with Crippen molar-refractivity contribution in [3.05, 3.63) is 76.5 Å². The van der Waals surface area contributed by atoms with Gasteiger partial charge in [-0.2, -0.15) is 4.31 Å². The summed E-state index contributed by atoms with van der Waals surface area (Å²) in [7, 11) is 0.898. The molecule has 0 saturated carbocycles. The highest BCUT2D eigenvalue weighted by atomic mass is 32.2. The number of methoxy groups -OCH3 is 1.